The summed E-state index contributed by atoms with van der Waals surface area (Å²) in [5.41, 5.74) is 2.77. The fourth-order valence-corrected chi connectivity index (χ4v) is 3.59. The van der Waals surface area contributed by atoms with Crippen molar-refractivity contribution in [1.82, 2.24) is 4.90 Å². The number of carbonyl (C=O) groups excluding carboxylic acids is 1. The van der Waals surface area contributed by atoms with E-state index in [1.807, 2.05) is 25.1 Å². The molecule has 5 heteroatoms. The number of carboxylic acid groups (broad SMARTS) is 1. The summed E-state index contributed by atoms with van der Waals surface area (Å²) < 4.78 is 0. The Labute approximate surface area is 136 Å². The Hall–Kier alpha value is -2.04. The number of anilines is 1. The van der Waals surface area contributed by atoms with Crippen molar-refractivity contribution in [3.8, 4) is 0 Å². The number of hydrogen-bond donors (Lipinski definition) is 1. The van der Waals surface area contributed by atoms with Crippen LogP contribution >= 0.6 is 0 Å². The Bertz CT molecular complexity index is 608. The van der Waals surface area contributed by atoms with Gasteiger partial charge < -0.3 is 14.9 Å². The van der Waals surface area contributed by atoms with Crippen LogP contribution in [-0.4, -0.2) is 48.1 Å². The fourth-order valence-electron chi connectivity index (χ4n) is 3.59. The van der Waals surface area contributed by atoms with E-state index in [-0.39, 0.29) is 5.91 Å². The van der Waals surface area contributed by atoms with E-state index in [1.165, 1.54) is 0 Å². The van der Waals surface area contributed by atoms with E-state index < -0.39 is 11.9 Å². The number of hydrogen-bond acceptors (Lipinski definition) is 3. The summed E-state index contributed by atoms with van der Waals surface area (Å²) in [4.78, 5) is 28.2. The molecule has 2 fully saturated rings. The number of rotatable bonds is 3. The molecule has 1 atom stereocenters. The van der Waals surface area contributed by atoms with E-state index in [9.17, 15) is 14.7 Å². The molecule has 1 N–H and O–H groups in total. The van der Waals surface area contributed by atoms with Crippen molar-refractivity contribution >= 4 is 17.6 Å². The lowest BCUT2D eigenvalue weighted by Gasteiger charge is -2.32. The minimum absolute atomic E-state index is 0.0263. The lowest BCUT2D eigenvalue weighted by atomic mass is 9.97. The molecule has 1 amide bonds. The van der Waals surface area contributed by atoms with Gasteiger partial charge in [0.05, 0.1) is 11.5 Å². The molecule has 2 aliphatic rings. The average Bonchev–Trinajstić information content (AvgIpc) is 3.08. The summed E-state index contributed by atoms with van der Waals surface area (Å²) in [7, 11) is 0. The van der Waals surface area contributed by atoms with Gasteiger partial charge in [0.15, 0.2) is 0 Å². The number of carboxylic acids is 1. The Balaban J connectivity index is 1.86. The molecular formula is C18H24N2O3. The number of carbonyl (C=O) groups is 2. The molecule has 23 heavy (non-hydrogen) atoms. The molecule has 0 saturated carbocycles. The minimum Gasteiger partial charge on any atom is -0.481 e. The molecular weight excluding hydrogens is 292 g/mol. The van der Waals surface area contributed by atoms with Gasteiger partial charge in [0.2, 0.25) is 0 Å². The van der Waals surface area contributed by atoms with E-state index >= 15 is 0 Å². The van der Waals surface area contributed by atoms with Crippen molar-refractivity contribution in [1.29, 1.82) is 0 Å². The number of amides is 1. The predicted octanol–water partition coefficient (Wildman–Crippen LogP) is 2.53. The molecule has 5 nitrogen and oxygen atoms in total. The maximum atomic E-state index is 13.0. The van der Waals surface area contributed by atoms with E-state index in [2.05, 4.69) is 4.90 Å². The second kappa shape index (κ2) is 6.60. The quantitative estimate of drug-likeness (QED) is 0.931. The summed E-state index contributed by atoms with van der Waals surface area (Å²) >= 11 is 0. The summed E-state index contributed by atoms with van der Waals surface area (Å²) in [6.07, 6.45) is 3.73. The molecule has 124 valence electrons. The molecule has 0 radical (unpaired) electrons. The lowest BCUT2D eigenvalue weighted by molar-refractivity contribution is -0.143. The molecule has 2 aliphatic heterocycles. The standard InChI is InChI=1S/C18H24N2O3/c1-13-6-7-16(19-8-2-3-9-19)15(11-13)17(21)20-10-4-5-14(12-20)18(22)23/h6-7,11,14H,2-5,8-10,12H2,1H3,(H,22,23). The smallest absolute Gasteiger partial charge is 0.308 e. The predicted molar refractivity (Wildman–Crippen MR) is 88.9 cm³/mol. The van der Waals surface area contributed by atoms with Crippen molar-refractivity contribution in [2.24, 2.45) is 5.92 Å². The van der Waals surface area contributed by atoms with Crippen molar-refractivity contribution in [2.75, 3.05) is 31.1 Å². The van der Waals surface area contributed by atoms with Gasteiger partial charge in [-0.25, -0.2) is 0 Å². The third-order valence-corrected chi connectivity index (χ3v) is 4.89. The number of aliphatic carboxylic acids is 1. The van der Waals surface area contributed by atoms with Crippen molar-refractivity contribution in [2.45, 2.75) is 32.6 Å². The first kappa shape index (κ1) is 15.8. The first-order valence-electron chi connectivity index (χ1n) is 8.44. The van der Waals surface area contributed by atoms with Crippen LogP contribution in [0.2, 0.25) is 0 Å². The van der Waals surface area contributed by atoms with Gasteiger partial charge in [-0.1, -0.05) is 11.6 Å². The zero-order chi connectivity index (χ0) is 16.4. The van der Waals surface area contributed by atoms with Crippen LogP contribution in [0.1, 0.15) is 41.6 Å². The molecule has 1 unspecified atom stereocenters. The molecule has 3 rings (SSSR count). The molecule has 2 heterocycles. The zero-order valence-corrected chi connectivity index (χ0v) is 13.6. The van der Waals surface area contributed by atoms with Crippen LogP contribution in [0.5, 0.6) is 0 Å². The van der Waals surface area contributed by atoms with Gasteiger partial charge >= 0.3 is 5.97 Å². The Kier molecular flexibility index (Phi) is 4.55. The zero-order valence-electron chi connectivity index (χ0n) is 13.6. The van der Waals surface area contributed by atoms with Gasteiger partial charge in [0.25, 0.3) is 5.91 Å². The van der Waals surface area contributed by atoms with Gasteiger partial charge in [0.1, 0.15) is 0 Å². The number of piperidine rings is 1. The van der Waals surface area contributed by atoms with Gasteiger partial charge in [-0.3, -0.25) is 9.59 Å². The third-order valence-electron chi connectivity index (χ3n) is 4.89. The van der Waals surface area contributed by atoms with Gasteiger partial charge in [-0.05, 0) is 44.7 Å². The van der Waals surface area contributed by atoms with Gasteiger partial charge in [0, 0.05) is 31.9 Å². The summed E-state index contributed by atoms with van der Waals surface area (Å²) in [6, 6.07) is 6.02. The van der Waals surface area contributed by atoms with Crippen LogP contribution in [-0.2, 0) is 4.79 Å². The second-order valence-corrected chi connectivity index (χ2v) is 6.64. The molecule has 0 aliphatic carbocycles. The molecule has 0 aromatic heterocycles. The van der Waals surface area contributed by atoms with Gasteiger partial charge in [-0.2, -0.15) is 0 Å². The maximum absolute atomic E-state index is 13.0. The monoisotopic (exact) mass is 316 g/mol. The Morgan fingerprint density at radius 1 is 1.13 bits per heavy atom. The van der Waals surface area contributed by atoms with E-state index in [4.69, 9.17) is 0 Å². The highest BCUT2D eigenvalue weighted by Gasteiger charge is 2.30. The van der Waals surface area contributed by atoms with Crippen LogP contribution in [0.3, 0.4) is 0 Å². The van der Waals surface area contributed by atoms with Crippen LogP contribution in [0.25, 0.3) is 0 Å². The van der Waals surface area contributed by atoms with E-state index in [1.54, 1.807) is 4.90 Å². The summed E-state index contributed by atoms with van der Waals surface area (Å²) in [6.45, 7) is 4.93. The van der Waals surface area contributed by atoms with Crippen molar-refractivity contribution in [3.05, 3.63) is 29.3 Å². The van der Waals surface area contributed by atoms with Gasteiger partial charge in [-0.15, -0.1) is 0 Å². The topological polar surface area (TPSA) is 60.9 Å². The van der Waals surface area contributed by atoms with E-state index in [0.29, 0.717) is 19.5 Å². The van der Waals surface area contributed by atoms with Crippen LogP contribution in [0, 0.1) is 12.8 Å². The molecule has 1 aromatic rings. The van der Waals surface area contributed by atoms with Crippen molar-refractivity contribution in [3.63, 3.8) is 0 Å². The summed E-state index contributed by atoms with van der Waals surface area (Å²) in [5.74, 6) is -1.26. The number of nitrogens with zero attached hydrogens (tertiary/aromatic N) is 2. The van der Waals surface area contributed by atoms with Crippen LogP contribution in [0.4, 0.5) is 5.69 Å². The fraction of sp³-hybridized carbons (Fsp3) is 0.556. The number of benzene rings is 1. The molecule has 0 bridgehead atoms. The van der Waals surface area contributed by atoms with Crippen LogP contribution < -0.4 is 4.90 Å². The highest BCUT2D eigenvalue weighted by Crippen LogP contribution is 2.28. The average molecular weight is 316 g/mol. The van der Waals surface area contributed by atoms with Crippen LogP contribution in [0.15, 0.2) is 18.2 Å². The first-order valence-corrected chi connectivity index (χ1v) is 8.44. The Morgan fingerprint density at radius 2 is 1.87 bits per heavy atom. The Morgan fingerprint density at radius 3 is 2.57 bits per heavy atom. The highest BCUT2D eigenvalue weighted by molar-refractivity contribution is 6.00. The second-order valence-electron chi connectivity index (χ2n) is 6.64. The highest BCUT2D eigenvalue weighted by atomic mass is 16.4. The molecule has 0 spiro atoms. The SMILES string of the molecule is Cc1ccc(N2CCCC2)c(C(=O)N2CCCC(C(=O)O)C2)c1. The number of aryl methyl sites for hydroxylation is 1. The lowest BCUT2D eigenvalue weighted by Crippen LogP contribution is -2.42. The normalized spacial score (nSPS) is 21.5. The maximum Gasteiger partial charge on any atom is 0.308 e. The van der Waals surface area contributed by atoms with Crippen molar-refractivity contribution < 1.29 is 14.7 Å². The molecule has 1 aromatic carbocycles. The minimum atomic E-state index is -0.800. The first-order chi connectivity index (χ1) is 11.1. The summed E-state index contributed by atoms with van der Waals surface area (Å²) in [5, 5.41) is 9.23. The third kappa shape index (κ3) is 3.33. The molecule has 2 saturated heterocycles. The largest absolute Gasteiger partial charge is 0.481 e. The van der Waals surface area contributed by atoms with E-state index in [0.717, 1.165) is 49.2 Å². The number of likely N-dealkylation sites (tertiary alicyclic amines) is 1.